The number of hydrogen-bond donors (Lipinski definition) is 1. The van der Waals surface area contributed by atoms with E-state index in [-0.39, 0.29) is 42.3 Å². The number of carbonyl (C=O) groups excluding carboxylic acids is 1. The van der Waals surface area contributed by atoms with Gasteiger partial charge in [0, 0.05) is 12.8 Å². The molecule has 1 aromatic heterocycles. The molecule has 4 aromatic rings. The van der Waals surface area contributed by atoms with Crippen LogP contribution in [0, 0.1) is 11.6 Å². The summed E-state index contributed by atoms with van der Waals surface area (Å²) in [4.78, 5) is 16.1. The van der Waals surface area contributed by atoms with Crippen LogP contribution in [-0.4, -0.2) is 34.4 Å². The predicted octanol–water partition coefficient (Wildman–Crippen LogP) is 4.38. The van der Waals surface area contributed by atoms with E-state index in [1.807, 2.05) is 0 Å². The van der Waals surface area contributed by atoms with E-state index in [4.69, 9.17) is 9.47 Å². The van der Waals surface area contributed by atoms with Crippen molar-refractivity contribution in [2.24, 2.45) is 0 Å². The zero-order chi connectivity index (χ0) is 23.2. The largest absolute Gasteiger partial charge is 0.457 e. The quantitative estimate of drug-likeness (QED) is 0.431. The number of methoxy groups -OCH3 is 1. The monoisotopic (exact) mass is 450 g/mol. The number of nitrogens with zero attached hydrogens (tertiary/aromatic N) is 3. The molecule has 3 aromatic carbocycles. The highest BCUT2D eigenvalue weighted by atomic mass is 19.1. The second kappa shape index (κ2) is 10.0. The average Bonchev–Trinajstić information content (AvgIpc) is 3.24. The van der Waals surface area contributed by atoms with Crippen LogP contribution in [-0.2, 0) is 16.1 Å². The van der Waals surface area contributed by atoms with Crippen LogP contribution < -0.4 is 10.1 Å². The molecule has 0 radical (unpaired) electrons. The summed E-state index contributed by atoms with van der Waals surface area (Å²) in [5.41, 5.74) is 2.14. The number of rotatable bonds is 8. The summed E-state index contributed by atoms with van der Waals surface area (Å²) < 4.78 is 39.6. The zero-order valence-electron chi connectivity index (χ0n) is 17.7. The molecule has 7 nitrogen and oxygen atoms in total. The van der Waals surface area contributed by atoms with Crippen molar-refractivity contribution in [1.29, 1.82) is 0 Å². The molecule has 0 aliphatic carbocycles. The van der Waals surface area contributed by atoms with Crippen LogP contribution in [0.25, 0.3) is 17.1 Å². The lowest BCUT2D eigenvalue weighted by Crippen LogP contribution is -2.17. The van der Waals surface area contributed by atoms with Gasteiger partial charge in [-0.1, -0.05) is 24.3 Å². The van der Waals surface area contributed by atoms with Gasteiger partial charge in [-0.25, -0.2) is 13.5 Å². The Morgan fingerprint density at radius 1 is 1.00 bits per heavy atom. The van der Waals surface area contributed by atoms with Gasteiger partial charge < -0.3 is 14.8 Å². The normalized spacial score (nSPS) is 10.8. The number of hydrogen-bond acceptors (Lipinski definition) is 5. The molecule has 1 heterocycles. The van der Waals surface area contributed by atoms with Gasteiger partial charge in [-0.2, -0.15) is 4.98 Å². The van der Waals surface area contributed by atoms with Gasteiger partial charge in [0.05, 0.1) is 11.3 Å². The first-order valence-electron chi connectivity index (χ1n) is 10.0. The molecule has 33 heavy (non-hydrogen) atoms. The Balaban J connectivity index is 1.63. The Bertz CT molecular complexity index is 1240. The van der Waals surface area contributed by atoms with Gasteiger partial charge in [-0.3, -0.25) is 4.79 Å². The van der Waals surface area contributed by atoms with E-state index in [1.54, 1.807) is 54.6 Å². The van der Waals surface area contributed by atoms with Gasteiger partial charge in [0.2, 0.25) is 5.91 Å². The van der Waals surface area contributed by atoms with Crippen molar-refractivity contribution >= 4 is 11.6 Å². The standard InChI is InChI=1S/C24H20F2N4O3/c1-32-15-22(31)27-18-10-12-19(13-11-18)30-23(20-4-2-3-5-21(20)26)28-24(29-30)33-14-16-6-8-17(25)9-7-16/h2-13H,14-15H2,1H3,(H,27,31). The minimum absolute atomic E-state index is 0.0371. The highest BCUT2D eigenvalue weighted by Crippen LogP contribution is 2.26. The highest BCUT2D eigenvalue weighted by Gasteiger charge is 2.18. The molecule has 0 unspecified atom stereocenters. The van der Waals surface area contributed by atoms with Gasteiger partial charge in [0.25, 0.3) is 0 Å². The molecule has 9 heteroatoms. The molecule has 0 bridgehead atoms. The van der Waals surface area contributed by atoms with Crippen LogP contribution >= 0.6 is 0 Å². The van der Waals surface area contributed by atoms with E-state index < -0.39 is 5.82 Å². The zero-order valence-corrected chi connectivity index (χ0v) is 17.7. The van der Waals surface area contributed by atoms with Crippen LogP contribution in [0.3, 0.4) is 0 Å². The van der Waals surface area contributed by atoms with E-state index in [0.29, 0.717) is 11.4 Å². The van der Waals surface area contributed by atoms with Crippen LogP contribution in [0.4, 0.5) is 14.5 Å². The number of halogens is 2. The summed E-state index contributed by atoms with van der Waals surface area (Å²) >= 11 is 0. The lowest BCUT2D eigenvalue weighted by Gasteiger charge is -2.08. The Kier molecular flexibility index (Phi) is 6.70. The summed E-state index contributed by atoms with van der Waals surface area (Å²) in [6, 6.07) is 18.9. The molecule has 1 N–H and O–H groups in total. The fraction of sp³-hybridized carbons (Fsp3) is 0.125. The molecular formula is C24H20F2N4O3. The van der Waals surface area contributed by atoms with Crippen molar-refractivity contribution in [2.75, 3.05) is 19.0 Å². The van der Waals surface area contributed by atoms with Gasteiger partial charge >= 0.3 is 6.01 Å². The molecular weight excluding hydrogens is 430 g/mol. The predicted molar refractivity (Wildman–Crippen MR) is 118 cm³/mol. The van der Waals surface area contributed by atoms with E-state index in [1.165, 1.54) is 30.0 Å². The molecule has 168 valence electrons. The number of aromatic nitrogens is 3. The summed E-state index contributed by atoms with van der Waals surface area (Å²) in [6.45, 7) is 0.0580. The third-order valence-electron chi connectivity index (χ3n) is 4.65. The van der Waals surface area contributed by atoms with Crippen LogP contribution in [0.15, 0.2) is 72.8 Å². The maximum absolute atomic E-state index is 14.5. The van der Waals surface area contributed by atoms with Crippen molar-refractivity contribution in [3.05, 3.63) is 90.0 Å². The summed E-state index contributed by atoms with van der Waals surface area (Å²) in [5.74, 6) is -0.836. The Labute approximate surface area is 188 Å². The molecule has 4 rings (SSSR count). The lowest BCUT2D eigenvalue weighted by molar-refractivity contribution is -0.119. The number of carbonyl (C=O) groups is 1. The molecule has 0 aliphatic rings. The first-order valence-corrected chi connectivity index (χ1v) is 10.0. The maximum atomic E-state index is 14.5. The summed E-state index contributed by atoms with van der Waals surface area (Å²) in [6.07, 6.45) is 0. The summed E-state index contributed by atoms with van der Waals surface area (Å²) in [7, 11) is 1.44. The van der Waals surface area contributed by atoms with Crippen molar-refractivity contribution in [3.8, 4) is 23.1 Å². The first kappa shape index (κ1) is 22.1. The minimum Gasteiger partial charge on any atom is -0.457 e. The second-order valence-electron chi connectivity index (χ2n) is 7.05. The number of benzene rings is 3. The molecule has 0 fully saturated rings. The topological polar surface area (TPSA) is 78.3 Å². The number of amides is 1. The van der Waals surface area contributed by atoms with Gasteiger partial charge in [-0.05, 0) is 54.1 Å². The van der Waals surface area contributed by atoms with Crippen molar-refractivity contribution in [3.63, 3.8) is 0 Å². The molecule has 0 spiro atoms. The van der Waals surface area contributed by atoms with Gasteiger partial charge in [0.1, 0.15) is 24.8 Å². The van der Waals surface area contributed by atoms with Gasteiger partial charge in [-0.15, -0.1) is 5.10 Å². The summed E-state index contributed by atoms with van der Waals surface area (Å²) in [5, 5.41) is 7.09. The molecule has 0 atom stereocenters. The van der Waals surface area contributed by atoms with E-state index in [0.717, 1.165) is 5.56 Å². The van der Waals surface area contributed by atoms with E-state index in [2.05, 4.69) is 15.4 Å². The average molecular weight is 450 g/mol. The van der Waals surface area contributed by atoms with Crippen molar-refractivity contribution < 1.29 is 23.0 Å². The highest BCUT2D eigenvalue weighted by molar-refractivity contribution is 5.91. The third-order valence-corrected chi connectivity index (χ3v) is 4.65. The van der Waals surface area contributed by atoms with E-state index in [9.17, 15) is 13.6 Å². The first-order chi connectivity index (χ1) is 16.0. The molecule has 0 aliphatic heterocycles. The van der Waals surface area contributed by atoms with E-state index >= 15 is 0 Å². The minimum atomic E-state index is -0.459. The van der Waals surface area contributed by atoms with Crippen molar-refractivity contribution in [2.45, 2.75) is 6.61 Å². The van der Waals surface area contributed by atoms with Crippen LogP contribution in [0.2, 0.25) is 0 Å². The lowest BCUT2D eigenvalue weighted by atomic mass is 10.2. The number of anilines is 1. The van der Waals surface area contributed by atoms with Crippen LogP contribution in [0.1, 0.15) is 5.56 Å². The Morgan fingerprint density at radius 2 is 1.73 bits per heavy atom. The maximum Gasteiger partial charge on any atom is 0.336 e. The Hall–Kier alpha value is -4.11. The van der Waals surface area contributed by atoms with Crippen LogP contribution in [0.5, 0.6) is 6.01 Å². The smallest absolute Gasteiger partial charge is 0.336 e. The fourth-order valence-electron chi connectivity index (χ4n) is 3.09. The number of ether oxygens (including phenoxy) is 2. The van der Waals surface area contributed by atoms with Crippen molar-refractivity contribution in [1.82, 2.24) is 14.8 Å². The molecule has 0 saturated heterocycles. The van der Waals surface area contributed by atoms with Gasteiger partial charge in [0.15, 0.2) is 5.82 Å². The SMILES string of the molecule is COCC(=O)Nc1ccc(-n2nc(OCc3ccc(F)cc3)nc2-c2ccccc2F)cc1. The fourth-order valence-corrected chi connectivity index (χ4v) is 3.09. The number of nitrogens with one attached hydrogen (secondary N) is 1. The second-order valence-corrected chi connectivity index (χ2v) is 7.05. The third kappa shape index (κ3) is 5.39. The Morgan fingerprint density at radius 3 is 2.42 bits per heavy atom. The molecule has 1 amide bonds. The molecule has 0 saturated carbocycles.